The van der Waals surface area contributed by atoms with Crippen LogP contribution in [-0.4, -0.2) is 18.1 Å². The predicted molar refractivity (Wildman–Crippen MR) is 63.7 cm³/mol. The fourth-order valence-electron chi connectivity index (χ4n) is 1.61. The molecular weight excluding hydrogens is 207 g/mol. The summed E-state index contributed by atoms with van der Waals surface area (Å²) in [7, 11) is 0. The van der Waals surface area contributed by atoms with E-state index in [9.17, 15) is 4.39 Å². The maximum atomic E-state index is 13.2. The van der Waals surface area contributed by atoms with Crippen LogP contribution in [0.1, 0.15) is 0 Å². The maximum absolute atomic E-state index is 13.2. The molecule has 0 amide bonds. The number of nitrogens with one attached hydrogen (secondary N) is 1. The molecule has 5 heteroatoms. The van der Waals surface area contributed by atoms with E-state index in [4.69, 9.17) is 11.5 Å². The molecule has 0 radical (unpaired) electrons. The Morgan fingerprint density at radius 3 is 2.88 bits per heavy atom. The molecule has 16 heavy (non-hydrogen) atoms. The first-order valence-electron chi connectivity index (χ1n) is 5.00. The Bertz CT molecular complexity index is 513. The van der Waals surface area contributed by atoms with E-state index in [0.29, 0.717) is 30.0 Å². The van der Waals surface area contributed by atoms with Crippen molar-refractivity contribution in [3.8, 4) is 0 Å². The highest BCUT2D eigenvalue weighted by Crippen LogP contribution is 2.26. The van der Waals surface area contributed by atoms with Crippen molar-refractivity contribution in [1.29, 1.82) is 0 Å². The Morgan fingerprint density at radius 1 is 1.31 bits per heavy atom. The van der Waals surface area contributed by atoms with Gasteiger partial charge in [-0.15, -0.1) is 0 Å². The maximum Gasteiger partial charge on any atom is 0.134 e. The lowest BCUT2D eigenvalue weighted by Crippen LogP contribution is -2.14. The van der Waals surface area contributed by atoms with Crippen LogP contribution in [0.5, 0.6) is 0 Å². The number of pyridine rings is 1. The standard InChI is InChI=1S/C11H13FN4/c12-7-5-9-8(10(14)6-7)1-3-15-11(9)16-4-2-13/h1,3,5-6H,2,4,13-14H2,(H,15,16). The van der Waals surface area contributed by atoms with Gasteiger partial charge >= 0.3 is 0 Å². The Morgan fingerprint density at radius 2 is 2.12 bits per heavy atom. The molecule has 4 nitrogen and oxygen atoms in total. The molecule has 0 unspecified atom stereocenters. The van der Waals surface area contributed by atoms with Gasteiger partial charge in [0.25, 0.3) is 0 Å². The van der Waals surface area contributed by atoms with Crippen LogP contribution in [0.15, 0.2) is 24.4 Å². The summed E-state index contributed by atoms with van der Waals surface area (Å²) >= 11 is 0. The fourth-order valence-corrected chi connectivity index (χ4v) is 1.61. The Labute approximate surface area is 92.5 Å². The number of nitrogen functional groups attached to an aromatic ring is 1. The van der Waals surface area contributed by atoms with Gasteiger partial charge in [-0.05, 0) is 18.2 Å². The highest BCUT2D eigenvalue weighted by Gasteiger charge is 2.06. The third kappa shape index (κ3) is 1.90. The monoisotopic (exact) mass is 220 g/mol. The minimum atomic E-state index is -0.367. The first kappa shape index (κ1) is 10.6. The molecule has 1 aromatic heterocycles. The molecule has 0 saturated carbocycles. The van der Waals surface area contributed by atoms with Gasteiger partial charge in [0.1, 0.15) is 11.6 Å². The molecule has 1 heterocycles. The molecule has 0 atom stereocenters. The van der Waals surface area contributed by atoms with E-state index in [0.717, 1.165) is 5.39 Å². The van der Waals surface area contributed by atoms with Gasteiger partial charge in [-0.25, -0.2) is 9.37 Å². The van der Waals surface area contributed by atoms with Gasteiger partial charge in [-0.1, -0.05) is 0 Å². The van der Waals surface area contributed by atoms with Gasteiger partial charge in [0.15, 0.2) is 0 Å². The zero-order valence-corrected chi connectivity index (χ0v) is 8.70. The van der Waals surface area contributed by atoms with Gasteiger partial charge in [-0.3, -0.25) is 0 Å². The van der Waals surface area contributed by atoms with E-state index >= 15 is 0 Å². The third-order valence-corrected chi connectivity index (χ3v) is 2.31. The summed E-state index contributed by atoms with van der Waals surface area (Å²) in [5, 5.41) is 4.50. The number of fused-ring (bicyclic) bond motifs is 1. The number of nitrogens with zero attached hydrogens (tertiary/aromatic N) is 1. The normalized spacial score (nSPS) is 10.6. The van der Waals surface area contributed by atoms with E-state index < -0.39 is 0 Å². The SMILES string of the molecule is NCCNc1nccc2c(N)cc(F)cc12. The number of benzene rings is 1. The van der Waals surface area contributed by atoms with Crippen LogP contribution >= 0.6 is 0 Å². The number of anilines is 2. The smallest absolute Gasteiger partial charge is 0.134 e. The predicted octanol–water partition coefficient (Wildman–Crippen LogP) is 1.33. The number of hydrogen-bond acceptors (Lipinski definition) is 4. The van der Waals surface area contributed by atoms with Crippen molar-refractivity contribution in [1.82, 2.24) is 4.98 Å². The van der Waals surface area contributed by atoms with E-state index in [1.807, 2.05) is 0 Å². The zero-order chi connectivity index (χ0) is 11.5. The van der Waals surface area contributed by atoms with Gasteiger partial charge in [0.05, 0.1) is 0 Å². The second kappa shape index (κ2) is 4.32. The average Bonchev–Trinajstić information content (AvgIpc) is 2.26. The number of halogens is 1. The minimum absolute atomic E-state index is 0.367. The lowest BCUT2D eigenvalue weighted by molar-refractivity contribution is 0.630. The molecule has 0 aliphatic rings. The van der Waals surface area contributed by atoms with Gasteiger partial charge in [0.2, 0.25) is 0 Å². The Hall–Kier alpha value is -1.88. The molecule has 2 aromatic rings. The molecule has 0 spiro atoms. The molecule has 0 aliphatic carbocycles. The van der Waals surface area contributed by atoms with Crippen LogP contribution in [0.4, 0.5) is 15.9 Å². The summed E-state index contributed by atoms with van der Waals surface area (Å²) in [6.07, 6.45) is 1.63. The van der Waals surface area contributed by atoms with Crippen LogP contribution < -0.4 is 16.8 Å². The highest BCUT2D eigenvalue weighted by atomic mass is 19.1. The van der Waals surface area contributed by atoms with E-state index in [2.05, 4.69) is 10.3 Å². The summed E-state index contributed by atoms with van der Waals surface area (Å²) in [6.45, 7) is 1.07. The molecule has 0 saturated heterocycles. The van der Waals surface area contributed by atoms with Gasteiger partial charge < -0.3 is 16.8 Å². The second-order valence-corrected chi connectivity index (χ2v) is 3.47. The Kier molecular flexibility index (Phi) is 2.87. The van der Waals surface area contributed by atoms with Crippen molar-refractivity contribution in [3.05, 3.63) is 30.2 Å². The van der Waals surface area contributed by atoms with E-state index in [-0.39, 0.29) is 5.82 Å². The molecular formula is C11H13FN4. The number of rotatable bonds is 3. The fraction of sp³-hybridized carbons (Fsp3) is 0.182. The summed E-state index contributed by atoms with van der Waals surface area (Å²) in [5.41, 5.74) is 11.5. The van der Waals surface area contributed by atoms with Crippen LogP contribution in [0.25, 0.3) is 10.8 Å². The third-order valence-electron chi connectivity index (χ3n) is 2.31. The first-order valence-corrected chi connectivity index (χ1v) is 5.00. The zero-order valence-electron chi connectivity index (χ0n) is 8.70. The summed E-state index contributed by atoms with van der Waals surface area (Å²) < 4.78 is 13.2. The van der Waals surface area contributed by atoms with Crippen molar-refractivity contribution in [2.75, 3.05) is 24.1 Å². The van der Waals surface area contributed by atoms with Crippen LogP contribution in [0.3, 0.4) is 0 Å². The quantitative estimate of drug-likeness (QED) is 0.682. The number of hydrogen-bond donors (Lipinski definition) is 3. The topological polar surface area (TPSA) is 77.0 Å². The lowest BCUT2D eigenvalue weighted by atomic mass is 10.1. The highest BCUT2D eigenvalue weighted by molar-refractivity contribution is 5.99. The van der Waals surface area contributed by atoms with Crippen LogP contribution in [-0.2, 0) is 0 Å². The minimum Gasteiger partial charge on any atom is -0.398 e. The second-order valence-electron chi connectivity index (χ2n) is 3.47. The van der Waals surface area contributed by atoms with Crippen molar-refractivity contribution in [2.24, 2.45) is 5.73 Å². The number of aromatic nitrogens is 1. The largest absolute Gasteiger partial charge is 0.398 e. The van der Waals surface area contributed by atoms with Crippen molar-refractivity contribution >= 4 is 22.3 Å². The van der Waals surface area contributed by atoms with Crippen molar-refractivity contribution in [3.63, 3.8) is 0 Å². The van der Waals surface area contributed by atoms with Crippen molar-refractivity contribution < 1.29 is 4.39 Å². The molecule has 2 rings (SSSR count). The average molecular weight is 220 g/mol. The molecule has 5 N–H and O–H groups in total. The molecule has 0 aliphatic heterocycles. The molecule has 0 bridgehead atoms. The van der Waals surface area contributed by atoms with Gasteiger partial charge in [-0.2, -0.15) is 0 Å². The van der Waals surface area contributed by atoms with E-state index in [1.54, 1.807) is 12.3 Å². The van der Waals surface area contributed by atoms with Crippen LogP contribution in [0, 0.1) is 5.82 Å². The van der Waals surface area contributed by atoms with Gasteiger partial charge in [0, 0.05) is 35.7 Å². The van der Waals surface area contributed by atoms with Crippen LogP contribution in [0.2, 0.25) is 0 Å². The summed E-state index contributed by atoms with van der Waals surface area (Å²) in [6, 6.07) is 4.48. The summed E-state index contributed by atoms with van der Waals surface area (Å²) in [4.78, 5) is 4.14. The lowest BCUT2D eigenvalue weighted by Gasteiger charge is -2.09. The number of nitrogens with two attached hydrogens (primary N) is 2. The first-order chi connectivity index (χ1) is 7.72. The van der Waals surface area contributed by atoms with E-state index in [1.165, 1.54) is 12.1 Å². The molecule has 84 valence electrons. The molecule has 0 fully saturated rings. The Balaban J connectivity index is 2.57. The summed E-state index contributed by atoms with van der Waals surface area (Å²) in [5.74, 6) is 0.239. The molecule has 1 aromatic carbocycles. The van der Waals surface area contributed by atoms with Crippen molar-refractivity contribution in [2.45, 2.75) is 0 Å².